The minimum Gasteiger partial charge on any atom is -0.484 e. The minimum atomic E-state index is -4.40. The Balaban J connectivity index is 1.91. The fourth-order valence-corrected chi connectivity index (χ4v) is 2.06. The van der Waals surface area contributed by atoms with Gasteiger partial charge in [0.15, 0.2) is 6.61 Å². The molecule has 0 spiro atoms. The van der Waals surface area contributed by atoms with Crippen molar-refractivity contribution in [2.45, 2.75) is 26.6 Å². The molecule has 0 saturated carbocycles. The Morgan fingerprint density at radius 3 is 2.44 bits per heavy atom. The monoisotopic (exact) mass is 357 g/mol. The summed E-state index contributed by atoms with van der Waals surface area (Å²) in [6.45, 7) is 2.51. The molecule has 0 aliphatic heterocycles. The van der Waals surface area contributed by atoms with Crippen LogP contribution < -0.4 is 10.1 Å². The number of carbonyl (C=O) groups excluding carboxylic acids is 1. The van der Waals surface area contributed by atoms with Crippen molar-refractivity contribution in [2.24, 2.45) is 0 Å². The standard InChI is InChI=1S/C16H18F3N3O3/c1-10-14(11(2)25-21-10)8-22(3)15(23)20-12-4-6-13(7-5-12)24-9-16(17,18)19/h4-7H,8-9H2,1-3H3,(H,20,23). The van der Waals surface area contributed by atoms with Crippen molar-refractivity contribution in [2.75, 3.05) is 19.0 Å². The van der Waals surface area contributed by atoms with E-state index in [1.165, 1.54) is 29.2 Å². The Labute approximate surface area is 142 Å². The molecule has 1 aromatic carbocycles. The molecule has 0 fully saturated rings. The summed E-state index contributed by atoms with van der Waals surface area (Å²) in [5.74, 6) is 0.711. The third-order valence-electron chi connectivity index (χ3n) is 3.43. The summed E-state index contributed by atoms with van der Waals surface area (Å²) < 4.78 is 45.9. The number of halogens is 3. The zero-order valence-corrected chi connectivity index (χ0v) is 14.0. The minimum absolute atomic E-state index is 0.0689. The van der Waals surface area contributed by atoms with Crippen molar-refractivity contribution >= 4 is 11.7 Å². The van der Waals surface area contributed by atoms with Crippen LogP contribution in [-0.2, 0) is 6.54 Å². The highest BCUT2D eigenvalue weighted by molar-refractivity contribution is 5.89. The van der Waals surface area contributed by atoms with Gasteiger partial charge in [0.1, 0.15) is 11.5 Å². The number of aryl methyl sites for hydroxylation is 2. The van der Waals surface area contributed by atoms with Crippen LogP contribution in [0.4, 0.5) is 23.7 Å². The number of carbonyl (C=O) groups is 1. The molecule has 2 rings (SSSR count). The highest BCUT2D eigenvalue weighted by Crippen LogP contribution is 2.21. The maximum atomic E-state index is 12.2. The smallest absolute Gasteiger partial charge is 0.422 e. The number of alkyl halides is 3. The molecule has 0 saturated heterocycles. The molecule has 0 radical (unpaired) electrons. The number of anilines is 1. The van der Waals surface area contributed by atoms with Gasteiger partial charge in [0.2, 0.25) is 0 Å². The van der Waals surface area contributed by atoms with E-state index in [-0.39, 0.29) is 11.8 Å². The number of hydrogen-bond donors (Lipinski definition) is 1. The quantitative estimate of drug-likeness (QED) is 0.881. The molecular weight excluding hydrogens is 339 g/mol. The number of rotatable bonds is 5. The van der Waals surface area contributed by atoms with Crippen molar-refractivity contribution < 1.29 is 27.2 Å². The second-order valence-electron chi connectivity index (χ2n) is 5.52. The number of benzene rings is 1. The molecule has 2 aromatic rings. The first-order chi connectivity index (χ1) is 11.7. The van der Waals surface area contributed by atoms with E-state index in [2.05, 4.69) is 15.2 Å². The van der Waals surface area contributed by atoms with Gasteiger partial charge in [-0.1, -0.05) is 5.16 Å². The van der Waals surface area contributed by atoms with Gasteiger partial charge in [-0.25, -0.2) is 4.79 Å². The SMILES string of the molecule is Cc1noc(C)c1CN(C)C(=O)Nc1ccc(OCC(F)(F)F)cc1. The predicted molar refractivity (Wildman–Crippen MR) is 84.5 cm³/mol. The second-order valence-corrected chi connectivity index (χ2v) is 5.52. The summed E-state index contributed by atoms with van der Waals surface area (Å²) >= 11 is 0. The molecule has 2 amide bonds. The van der Waals surface area contributed by atoms with Crippen LogP contribution in [0.2, 0.25) is 0 Å². The maximum absolute atomic E-state index is 12.2. The lowest BCUT2D eigenvalue weighted by Gasteiger charge is -2.18. The van der Waals surface area contributed by atoms with Crippen LogP contribution in [0, 0.1) is 13.8 Å². The van der Waals surface area contributed by atoms with Gasteiger partial charge in [-0.15, -0.1) is 0 Å². The lowest BCUT2D eigenvalue weighted by atomic mass is 10.2. The fraction of sp³-hybridized carbons (Fsp3) is 0.375. The number of urea groups is 1. The van der Waals surface area contributed by atoms with Gasteiger partial charge in [0.05, 0.1) is 12.2 Å². The van der Waals surface area contributed by atoms with Crippen LogP contribution in [0.5, 0.6) is 5.75 Å². The Hall–Kier alpha value is -2.71. The molecular formula is C16H18F3N3O3. The largest absolute Gasteiger partial charge is 0.484 e. The number of nitrogens with one attached hydrogen (secondary N) is 1. The summed E-state index contributed by atoms with van der Waals surface area (Å²) in [5.41, 5.74) is 1.98. The maximum Gasteiger partial charge on any atom is 0.422 e. The summed E-state index contributed by atoms with van der Waals surface area (Å²) in [4.78, 5) is 13.6. The topological polar surface area (TPSA) is 67.6 Å². The first-order valence-electron chi connectivity index (χ1n) is 7.39. The van der Waals surface area contributed by atoms with E-state index in [1.54, 1.807) is 20.9 Å². The first-order valence-corrected chi connectivity index (χ1v) is 7.39. The summed E-state index contributed by atoms with van der Waals surface area (Å²) in [7, 11) is 1.61. The molecule has 6 nitrogen and oxygen atoms in total. The van der Waals surface area contributed by atoms with Crippen LogP contribution >= 0.6 is 0 Å². The highest BCUT2D eigenvalue weighted by atomic mass is 19.4. The van der Waals surface area contributed by atoms with Gasteiger partial charge in [0, 0.05) is 18.3 Å². The van der Waals surface area contributed by atoms with E-state index in [0.717, 1.165) is 5.56 Å². The number of aromatic nitrogens is 1. The lowest BCUT2D eigenvalue weighted by molar-refractivity contribution is -0.153. The van der Waals surface area contributed by atoms with Gasteiger partial charge in [-0.05, 0) is 38.1 Å². The summed E-state index contributed by atoms with van der Waals surface area (Å²) in [6, 6.07) is 5.27. The zero-order chi connectivity index (χ0) is 18.6. The molecule has 0 bridgehead atoms. The highest BCUT2D eigenvalue weighted by Gasteiger charge is 2.28. The van der Waals surface area contributed by atoms with E-state index in [4.69, 9.17) is 4.52 Å². The Morgan fingerprint density at radius 1 is 1.28 bits per heavy atom. The third-order valence-corrected chi connectivity index (χ3v) is 3.43. The normalized spacial score (nSPS) is 11.3. The van der Waals surface area contributed by atoms with Crippen molar-refractivity contribution in [3.05, 3.63) is 41.3 Å². The number of amides is 2. The Morgan fingerprint density at radius 2 is 1.92 bits per heavy atom. The van der Waals surface area contributed by atoms with Crippen molar-refractivity contribution in [1.82, 2.24) is 10.1 Å². The molecule has 25 heavy (non-hydrogen) atoms. The van der Waals surface area contributed by atoms with Gasteiger partial charge in [-0.2, -0.15) is 13.2 Å². The lowest BCUT2D eigenvalue weighted by Crippen LogP contribution is -2.31. The summed E-state index contributed by atoms with van der Waals surface area (Å²) in [5, 5.41) is 6.48. The van der Waals surface area contributed by atoms with E-state index in [1.807, 2.05) is 0 Å². The molecule has 0 unspecified atom stereocenters. The molecule has 136 valence electrons. The molecule has 1 N–H and O–H groups in total. The molecule has 0 aliphatic rings. The number of ether oxygens (including phenoxy) is 1. The molecule has 1 aromatic heterocycles. The van der Waals surface area contributed by atoms with E-state index < -0.39 is 12.8 Å². The van der Waals surface area contributed by atoms with Crippen LogP contribution in [0.3, 0.4) is 0 Å². The molecule has 0 aliphatic carbocycles. The van der Waals surface area contributed by atoms with E-state index >= 15 is 0 Å². The van der Waals surface area contributed by atoms with Crippen molar-refractivity contribution in [1.29, 1.82) is 0 Å². The number of hydrogen-bond acceptors (Lipinski definition) is 4. The van der Waals surface area contributed by atoms with Gasteiger partial charge < -0.3 is 19.5 Å². The van der Waals surface area contributed by atoms with Gasteiger partial charge in [-0.3, -0.25) is 0 Å². The average Bonchev–Trinajstić information content (AvgIpc) is 2.85. The van der Waals surface area contributed by atoms with Crippen LogP contribution in [0.1, 0.15) is 17.0 Å². The predicted octanol–water partition coefficient (Wildman–Crippen LogP) is 3.90. The van der Waals surface area contributed by atoms with Crippen LogP contribution in [-0.4, -0.2) is 35.9 Å². The van der Waals surface area contributed by atoms with Gasteiger partial charge in [0.25, 0.3) is 0 Å². The Kier molecular flexibility index (Phi) is 5.55. The second kappa shape index (κ2) is 7.45. The van der Waals surface area contributed by atoms with Crippen LogP contribution in [0.15, 0.2) is 28.8 Å². The Bertz CT molecular complexity index is 707. The molecule has 0 atom stereocenters. The number of nitrogens with zero attached hydrogens (tertiary/aromatic N) is 2. The van der Waals surface area contributed by atoms with Crippen molar-refractivity contribution in [3.8, 4) is 5.75 Å². The third kappa shape index (κ3) is 5.40. The molecule has 9 heteroatoms. The zero-order valence-electron chi connectivity index (χ0n) is 14.0. The fourth-order valence-electron chi connectivity index (χ4n) is 2.06. The van der Waals surface area contributed by atoms with Crippen LogP contribution in [0.25, 0.3) is 0 Å². The summed E-state index contributed by atoms with van der Waals surface area (Å²) in [6.07, 6.45) is -4.40. The van der Waals surface area contributed by atoms with Gasteiger partial charge >= 0.3 is 12.2 Å². The average molecular weight is 357 g/mol. The van der Waals surface area contributed by atoms with Crippen molar-refractivity contribution in [3.63, 3.8) is 0 Å². The molecule has 1 heterocycles. The van der Waals surface area contributed by atoms with E-state index in [9.17, 15) is 18.0 Å². The van der Waals surface area contributed by atoms with E-state index in [0.29, 0.717) is 23.7 Å². The first kappa shape index (κ1) is 18.6.